The molecule has 0 heterocycles. The van der Waals surface area contributed by atoms with Gasteiger partial charge in [0, 0.05) is 17.8 Å². The second-order valence-electron chi connectivity index (χ2n) is 6.66. The molecule has 0 fully saturated rings. The molecule has 9 nitrogen and oxygen atoms in total. The van der Waals surface area contributed by atoms with Crippen LogP contribution in [-0.4, -0.2) is 26.2 Å². The van der Waals surface area contributed by atoms with Crippen molar-refractivity contribution in [1.82, 2.24) is 0 Å². The highest BCUT2D eigenvalue weighted by molar-refractivity contribution is 7.92. The van der Waals surface area contributed by atoms with Gasteiger partial charge in [0.05, 0.1) is 23.4 Å². The van der Waals surface area contributed by atoms with Crippen LogP contribution >= 0.6 is 0 Å². The molecule has 166 valence electrons. The van der Waals surface area contributed by atoms with Crippen molar-refractivity contribution >= 4 is 32.8 Å². The van der Waals surface area contributed by atoms with Gasteiger partial charge < -0.3 is 4.74 Å². The van der Waals surface area contributed by atoms with E-state index in [1.54, 1.807) is 12.1 Å². The van der Waals surface area contributed by atoms with Crippen LogP contribution in [0.3, 0.4) is 0 Å². The van der Waals surface area contributed by atoms with Gasteiger partial charge in [0.25, 0.3) is 15.7 Å². The summed E-state index contributed by atoms with van der Waals surface area (Å²) in [7, 11) is -2.67. The summed E-state index contributed by atoms with van der Waals surface area (Å²) >= 11 is 0. The van der Waals surface area contributed by atoms with E-state index in [2.05, 4.69) is 15.2 Å². The second kappa shape index (κ2) is 9.92. The van der Waals surface area contributed by atoms with E-state index in [9.17, 15) is 18.5 Å². The molecule has 0 saturated heterocycles. The third kappa shape index (κ3) is 5.41. The summed E-state index contributed by atoms with van der Waals surface area (Å²) in [6.45, 7) is 1.92. The number of anilines is 2. The summed E-state index contributed by atoms with van der Waals surface area (Å²) in [5.41, 5.74) is 4.39. The fraction of sp³-hybridized carbons (Fsp3) is 0.136. The number of nitro benzene ring substituents is 1. The number of hydrogen-bond acceptors (Lipinski definition) is 7. The van der Waals surface area contributed by atoms with Crippen molar-refractivity contribution in [3.8, 4) is 5.75 Å². The molecule has 0 aliphatic rings. The number of non-ortho nitro benzene ring substituents is 1. The Morgan fingerprint density at radius 2 is 1.75 bits per heavy atom. The van der Waals surface area contributed by atoms with E-state index in [0.29, 0.717) is 17.9 Å². The Hall–Kier alpha value is -3.92. The van der Waals surface area contributed by atoms with E-state index < -0.39 is 14.9 Å². The summed E-state index contributed by atoms with van der Waals surface area (Å²) < 4.78 is 33.7. The van der Waals surface area contributed by atoms with E-state index >= 15 is 0 Å². The van der Waals surface area contributed by atoms with E-state index in [4.69, 9.17) is 4.74 Å². The Labute approximate surface area is 185 Å². The highest BCUT2D eigenvalue weighted by Gasteiger charge is 2.23. The number of hydrogen-bond donors (Lipinski definition) is 2. The number of sulfonamides is 1. The normalized spacial score (nSPS) is 11.6. The maximum atomic E-state index is 13.1. The van der Waals surface area contributed by atoms with E-state index in [1.807, 2.05) is 37.3 Å². The van der Waals surface area contributed by atoms with Crippen LogP contribution in [-0.2, 0) is 10.0 Å². The summed E-state index contributed by atoms with van der Waals surface area (Å²) in [4.78, 5) is 10.3. The predicted octanol–water partition coefficient (Wildman–Crippen LogP) is 4.63. The minimum atomic E-state index is -4.17. The van der Waals surface area contributed by atoms with Crippen LogP contribution in [0.1, 0.15) is 18.9 Å². The molecule has 0 amide bonds. The molecule has 0 aliphatic carbocycles. The minimum Gasteiger partial charge on any atom is -0.497 e. The van der Waals surface area contributed by atoms with Crippen molar-refractivity contribution in [2.75, 3.05) is 17.3 Å². The smallest absolute Gasteiger partial charge is 0.270 e. The van der Waals surface area contributed by atoms with Crippen molar-refractivity contribution < 1.29 is 18.1 Å². The van der Waals surface area contributed by atoms with Crippen LogP contribution in [0.15, 0.2) is 82.8 Å². The number of methoxy groups -OCH3 is 1. The van der Waals surface area contributed by atoms with Gasteiger partial charge in [0.2, 0.25) is 0 Å². The Morgan fingerprint density at radius 1 is 1.06 bits per heavy atom. The molecule has 0 atom stereocenters. The molecule has 0 aromatic heterocycles. The molecule has 3 rings (SSSR count). The standard InChI is InChI=1S/C22H22N4O5S/c1-3-20(16-7-5-4-6-8-16)23-24-21-14-11-18(26(27)28)15-22(21)32(29,30)25-17-9-12-19(31-2)13-10-17/h4-15,24-25H,3H2,1-2H3. The molecule has 0 aliphatic heterocycles. The molecule has 3 aromatic carbocycles. The maximum Gasteiger partial charge on any atom is 0.270 e. The molecule has 2 N–H and O–H groups in total. The molecule has 10 heteroatoms. The third-order valence-corrected chi connectivity index (χ3v) is 5.98. The van der Waals surface area contributed by atoms with Gasteiger partial charge in [0.1, 0.15) is 10.6 Å². The molecular weight excluding hydrogens is 432 g/mol. The first-order valence-electron chi connectivity index (χ1n) is 9.67. The number of nitro groups is 1. The lowest BCUT2D eigenvalue weighted by atomic mass is 10.1. The van der Waals surface area contributed by atoms with Crippen LogP contribution in [0, 0.1) is 10.1 Å². The topological polar surface area (TPSA) is 123 Å². The quantitative estimate of drug-likeness (QED) is 0.276. The van der Waals surface area contributed by atoms with Crippen molar-refractivity contribution in [2.45, 2.75) is 18.2 Å². The average molecular weight is 455 g/mol. The zero-order chi connectivity index (χ0) is 23.1. The van der Waals surface area contributed by atoms with E-state index in [1.165, 1.54) is 31.4 Å². The van der Waals surface area contributed by atoms with Gasteiger partial charge in [-0.3, -0.25) is 20.3 Å². The van der Waals surface area contributed by atoms with Gasteiger partial charge in [-0.1, -0.05) is 37.3 Å². The molecule has 0 bridgehead atoms. The summed E-state index contributed by atoms with van der Waals surface area (Å²) in [5.74, 6) is 0.563. The molecule has 3 aromatic rings. The number of hydrazone groups is 1. The number of nitrogens with zero attached hydrogens (tertiary/aromatic N) is 2. The summed E-state index contributed by atoms with van der Waals surface area (Å²) in [6.07, 6.45) is 0.593. The highest BCUT2D eigenvalue weighted by Crippen LogP contribution is 2.29. The van der Waals surface area contributed by atoms with Crippen molar-refractivity contribution in [3.05, 3.63) is 88.5 Å². The van der Waals surface area contributed by atoms with Crippen LogP contribution in [0.25, 0.3) is 0 Å². The van der Waals surface area contributed by atoms with Crippen LogP contribution in [0.5, 0.6) is 5.75 Å². The van der Waals surface area contributed by atoms with Crippen LogP contribution < -0.4 is 14.9 Å². The SMILES string of the molecule is CCC(=NNc1ccc([N+](=O)[O-])cc1S(=O)(=O)Nc1ccc(OC)cc1)c1ccccc1. The summed E-state index contributed by atoms with van der Waals surface area (Å²) in [6, 6.07) is 19.2. The largest absolute Gasteiger partial charge is 0.497 e. The van der Waals surface area contributed by atoms with Crippen molar-refractivity contribution in [3.63, 3.8) is 0 Å². The fourth-order valence-corrected chi connectivity index (χ4v) is 4.15. The number of nitrogens with one attached hydrogen (secondary N) is 2. The van der Waals surface area contributed by atoms with Gasteiger partial charge >= 0.3 is 0 Å². The summed E-state index contributed by atoms with van der Waals surface area (Å²) in [5, 5.41) is 15.6. The first kappa shape index (κ1) is 22.8. The monoisotopic (exact) mass is 454 g/mol. The van der Waals surface area contributed by atoms with Crippen molar-refractivity contribution in [1.29, 1.82) is 0 Å². The Kier molecular flexibility index (Phi) is 7.06. The molecule has 0 saturated carbocycles. The molecule has 0 radical (unpaired) electrons. The second-order valence-corrected chi connectivity index (χ2v) is 8.31. The molecule has 0 unspecified atom stereocenters. The van der Waals surface area contributed by atoms with Gasteiger partial charge in [0.15, 0.2) is 0 Å². The molecule has 0 spiro atoms. The lowest BCUT2D eigenvalue weighted by Crippen LogP contribution is -2.15. The lowest BCUT2D eigenvalue weighted by molar-refractivity contribution is -0.385. The van der Waals surface area contributed by atoms with Gasteiger partial charge in [-0.05, 0) is 42.3 Å². The lowest BCUT2D eigenvalue weighted by Gasteiger charge is -2.13. The number of rotatable bonds is 9. The predicted molar refractivity (Wildman–Crippen MR) is 124 cm³/mol. The van der Waals surface area contributed by atoms with Crippen molar-refractivity contribution in [2.24, 2.45) is 5.10 Å². The molecule has 32 heavy (non-hydrogen) atoms. The van der Waals surface area contributed by atoms with Gasteiger partial charge in [-0.2, -0.15) is 5.10 Å². The maximum absolute atomic E-state index is 13.1. The third-order valence-electron chi connectivity index (χ3n) is 4.56. The van der Waals surface area contributed by atoms with Crippen LogP contribution in [0.2, 0.25) is 0 Å². The first-order chi connectivity index (χ1) is 15.3. The minimum absolute atomic E-state index is 0.110. The molecular formula is C22H22N4O5S. The number of ether oxygens (including phenoxy) is 1. The fourth-order valence-electron chi connectivity index (χ4n) is 2.91. The Morgan fingerprint density at radius 3 is 2.34 bits per heavy atom. The zero-order valence-corrected chi connectivity index (χ0v) is 18.3. The first-order valence-corrected chi connectivity index (χ1v) is 11.2. The highest BCUT2D eigenvalue weighted by atomic mass is 32.2. The van der Waals surface area contributed by atoms with Gasteiger partial charge in [-0.25, -0.2) is 8.42 Å². The zero-order valence-electron chi connectivity index (χ0n) is 17.5. The van der Waals surface area contributed by atoms with Crippen LogP contribution in [0.4, 0.5) is 17.1 Å². The average Bonchev–Trinajstić information content (AvgIpc) is 2.80. The van der Waals surface area contributed by atoms with Gasteiger partial charge in [-0.15, -0.1) is 0 Å². The van der Waals surface area contributed by atoms with E-state index in [-0.39, 0.29) is 22.0 Å². The van der Waals surface area contributed by atoms with E-state index in [0.717, 1.165) is 11.6 Å². The number of benzene rings is 3. The Balaban J connectivity index is 1.98. The Bertz CT molecular complexity index is 1230.